The molecule has 1 saturated carbocycles. The maximum atomic E-state index is 13.4. The molecule has 0 bridgehead atoms. The van der Waals surface area contributed by atoms with Crippen LogP contribution in [0.25, 0.3) is 21.8 Å². The number of Topliss-reactive ketones (excluding diaryl/α,β-unsaturated/α-hetero) is 1. The molecule has 2 amide bonds. The molecule has 1 unspecified atom stereocenters. The Hall–Kier alpha value is -2.95. The number of carbonyl (C=O) groups is 3. The molecule has 0 radical (unpaired) electrons. The highest BCUT2D eigenvalue weighted by Gasteiger charge is 2.34. The molecule has 18 heteroatoms. The Morgan fingerprint density at radius 2 is 1.47 bits per heavy atom. The molecule has 62 heavy (non-hydrogen) atoms. The Morgan fingerprint density at radius 3 is 2.03 bits per heavy atom. The molecule has 2 aromatic carbocycles. The summed E-state index contributed by atoms with van der Waals surface area (Å²) >= 11 is 7.34. The minimum Gasteiger partial charge on any atom is -0.394 e. The van der Waals surface area contributed by atoms with Crippen LogP contribution in [-0.2, 0) is 43.8 Å². The molecule has 2 heterocycles. The number of ether oxygens (including phenoxy) is 3. The number of aliphatic hydroxyl groups is 2. The second kappa shape index (κ2) is 30.2. The van der Waals surface area contributed by atoms with E-state index in [1.165, 1.54) is 0 Å². The fourth-order valence-corrected chi connectivity index (χ4v) is 8.18. The Kier molecular flexibility index (Phi) is 25.2. The summed E-state index contributed by atoms with van der Waals surface area (Å²) in [6.07, 6.45) is 3.89. The lowest BCUT2D eigenvalue weighted by Gasteiger charge is -2.32. The van der Waals surface area contributed by atoms with Crippen molar-refractivity contribution in [1.29, 1.82) is 6.54 Å². The molecule has 4 aromatic rings. The van der Waals surface area contributed by atoms with E-state index in [0.29, 0.717) is 96.7 Å². The summed E-state index contributed by atoms with van der Waals surface area (Å²) in [5.74, 6) is 0.127. The van der Waals surface area contributed by atoms with E-state index in [1.54, 1.807) is 6.92 Å². The minimum absolute atomic E-state index is 0.0469. The Morgan fingerprint density at radius 1 is 0.903 bits per heavy atom. The second-order valence-electron chi connectivity index (χ2n) is 14.8. The van der Waals surface area contributed by atoms with Crippen LogP contribution in [0.4, 0.5) is 0 Å². The summed E-state index contributed by atoms with van der Waals surface area (Å²) in [4.78, 5) is 38.2. The quantitative estimate of drug-likeness (QED) is 0.0197. The summed E-state index contributed by atoms with van der Waals surface area (Å²) in [7, 11) is 0.135. The molecule has 14 nitrogen and oxygen atoms in total. The number of rotatable bonds is 23. The second-order valence-corrected chi connectivity index (χ2v) is 21.3. The van der Waals surface area contributed by atoms with Gasteiger partial charge in [0, 0.05) is 82.5 Å². The third-order valence-corrected chi connectivity index (χ3v) is 11.4. The first-order valence-electron chi connectivity index (χ1n) is 21.3. The predicted octanol–water partition coefficient (Wildman–Crippen LogP) is 7.05. The summed E-state index contributed by atoms with van der Waals surface area (Å²) in [6.45, 7) is 9.83. The van der Waals surface area contributed by atoms with Crippen LogP contribution in [0, 0.1) is 23.2 Å². The molecule has 342 valence electrons. The van der Waals surface area contributed by atoms with Crippen molar-refractivity contribution < 1.29 is 43.0 Å². The third-order valence-electron chi connectivity index (χ3n) is 9.83. The van der Waals surface area contributed by atoms with E-state index in [2.05, 4.69) is 37.9 Å². The third kappa shape index (κ3) is 18.3. The van der Waals surface area contributed by atoms with Gasteiger partial charge in [-0.3, -0.25) is 14.4 Å². The number of hydrogen-bond acceptors (Lipinski definition) is 10. The monoisotopic (exact) mass is 1030 g/mol. The largest absolute Gasteiger partial charge is 0.394 e. The van der Waals surface area contributed by atoms with E-state index in [4.69, 9.17) is 41.5 Å². The molecule has 1 fully saturated rings. The van der Waals surface area contributed by atoms with Gasteiger partial charge in [0.15, 0.2) is 5.78 Å². The standard InChI is InChI=1S/C26H36N4O4.C14H17INO3PS.C4H9ClO2/c1-18(2)15-20(17-27)28-25(32)21-8-4-5-9-22(21)29-26(33)24-16-19-7-3-6-10-23(19)30(24)11-13-34-14-12-31;1-11(17)14-10-12-4-2-3-5-13(12)16(14)6-7-18-8-9-19-21(15)20;5-1-3-7-4-2-6/h3,6-7,10,16,18,20-22,31H,4-5,8-9,11-15H2,1-2H3,(H,28,32)(H,29,33);2-5,10,20H,6-9H2,1H3;6H,1-4H2/t20-,21+,22-;;/m0../s1/i;20T;. The summed E-state index contributed by atoms with van der Waals surface area (Å²) in [5, 5.41) is 34.5. The van der Waals surface area contributed by atoms with E-state index >= 15 is 0 Å². The van der Waals surface area contributed by atoms with Crippen molar-refractivity contribution in [3.05, 3.63) is 72.1 Å². The maximum absolute atomic E-state index is 13.4. The fourth-order valence-electron chi connectivity index (χ4n) is 7.10. The van der Waals surface area contributed by atoms with Gasteiger partial charge in [-0.1, -0.05) is 71.0 Å². The zero-order valence-corrected chi connectivity index (χ0v) is 40.4. The molecule has 1 aliphatic rings. The number of nitrogens with one attached hydrogen (secondary N) is 2. The Labute approximate surface area is 388 Å². The van der Waals surface area contributed by atoms with E-state index in [0.717, 1.165) is 41.1 Å². The van der Waals surface area contributed by atoms with Gasteiger partial charge in [-0.2, -0.15) is 5.26 Å². The smallest absolute Gasteiger partial charge is 0.268 e. The van der Waals surface area contributed by atoms with E-state index in [1.807, 2.05) is 83.6 Å². The summed E-state index contributed by atoms with van der Waals surface area (Å²) in [5.41, 5.74) is 3.22. The Bertz CT molecular complexity index is 2080. The van der Waals surface area contributed by atoms with Crippen LogP contribution in [0.5, 0.6) is 0 Å². The maximum Gasteiger partial charge on any atom is 0.268 e. The first-order chi connectivity index (χ1) is 30.5. The molecule has 2 aromatic heterocycles. The van der Waals surface area contributed by atoms with Crippen molar-refractivity contribution in [2.45, 2.75) is 78.0 Å². The van der Waals surface area contributed by atoms with Gasteiger partial charge in [0.2, 0.25) is 5.91 Å². The molecule has 0 spiro atoms. The van der Waals surface area contributed by atoms with Crippen molar-refractivity contribution in [3.63, 3.8) is 0 Å². The lowest BCUT2D eigenvalue weighted by Crippen LogP contribution is -2.50. The molecule has 0 aliphatic heterocycles. The number of aliphatic hydroxyl groups excluding tert-OH is 2. The fraction of sp³-hybridized carbons (Fsp3) is 0.545. The highest BCUT2D eigenvalue weighted by molar-refractivity contribution is 14.2. The number of halogens is 2. The highest BCUT2D eigenvalue weighted by Crippen LogP contribution is 2.27. The van der Waals surface area contributed by atoms with E-state index < -0.39 is 6.04 Å². The topological polar surface area (TPSA) is 186 Å². The van der Waals surface area contributed by atoms with Crippen molar-refractivity contribution in [2.75, 3.05) is 65.3 Å². The number of aromatic nitrogens is 2. The molecule has 4 N–H and O–H groups in total. The van der Waals surface area contributed by atoms with Crippen LogP contribution >= 0.6 is 40.8 Å². The molecule has 0 saturated heterocycles. The molecule has 4 atom stereocenters. The van der Waals surface area contributed by atoms with Gasteiger partial charge in [-0.25, -0.2) is 0 Å². The number of ketones is 1. The van der Waals surface area contributed by atoms with Crippen LogP contribution in [0.2, 0.25) is 0 Å². The normalized spacial score (nSPS) is 16.1. The van der Waals surface area contributed by atoms with Crippen molar-refractivity contribution in [3.8, 4) is 6.07 Å². The van der Waals surface area contributed by atoms with Gasteiger partial charge in [0.05, 0.1) is 77.1 Å². The lowest BCUT2D eigenvalue weighted by molar-refractivity contribution is -0.127. The van der Waals surface area contributed by atoms with Crippen LogP contribution in [-0.4, -0.2) is 116 Å². The van der Waals surface area contributed by atoms with Gasteiger partial charge in [0.25, 0.3) is 5.91 Å². The first-order valence-corrected chi connectivity index (χ1v) is 26.2. The Balaban J connectivity index is 0.000000310. The first kappa shape index (κ1) is 51.7. The number of hydrogen-bond donors (Lipinski definition) is 4. The van der Waals surface area contributed by atoms with Gasteiger partial charge in [-0.05, 0) is 49.4 Å². The summed E-state index contributed by atoms with van der Waals surface area (Å²) in [6, 6.07) is 20.9. The number of nitriles is 1. The molecular formula is C44H62ClIN5O9PS. The number of fused-ring (bicyclic) bond motifs is 2. The number of para-hydroxylation sites is 2. The van der Waals surface area contributed by atoms with Crippen LogP contribution in [0.15, 0.2) is 60.7 Å². The van der Waals surface area contributed by atoms with Gasteiger partial charge >= 0.3 is 0 Å². The molecular weight excluding hydrogens is 968 g/mol. The van der Waals surface area contributed by atoms with Crippen molar-refractivity contribution >= 4 is 87.7 Å². The summed E-state index contributed by atoms with van der Waals surface area (Å²) < 4.78 is 32.2. The average Bonchev–Trinajstić information content (AvgIpc) is 3.85. The number of carbonyl (C=O) groups excluding carboxylic acids is 3. The predicted molar refractivity (Wildman–Crippen MR) is 257 cm³/mol. The average molecular weight is 1030 g/mol. The zero-order chi connectivity index (χ0) is 46.0. The molecule has 1 aliphatic carbocycles. The highest BCUT2D eigenvalue weighted by atomic mass is 127. The molecule has 5 rings (SSSR count). The van der Waals surface area contributed by atoms with Crippen LogP contribution in [0.3, 0.4) is 0 Å². The van der Waals surface area contributed by atoms with E-state index in [-0.39, 0.29) is 56.9 Å². The van der Waals surface area contributed by atoms with Crippen LogP contribution < -0.4 is 10.6 Å². The SMILES string of the molecule is CC(C)C[C@@H](C#N)NC(=O)[C@@H]1CCCC[C@@H]1NC(=O)c1cc2ccccc2n1CCOCCO.OCCOCCCl.[3H]P=S(I)OCCOCCn1c(C(C)=O)cc2ccccc21. The van der Waals surface area contributed by atoms with Crippen molar-refractivity contribution in [1.82, 2.24) is 19.8 Å². The van der Waals surface area contributed by atoms with Gasteiger partial charge in [0.1, 0.15) is 13.0 Å². The van der Waals surface area contributed by atoms with E-state index in [9.17, 15) is 19.6 Å². The number of benzene rings is 2. The lowest BCUT2D eigenvalue weighted by atomic mass is 9.83. The van der Waals surface area contributed by atoms with Crippen LogP contribution in [0.1, 0.15) is 73.9 Å². The van der Waals surface area contributed by atoms with Crippen molar-refractivity contribution in [2.24, 2.45) is 11.8 Å². The zero-order valence-electron chi connectivity index (χ0n) is 36.8. The number of alkyl halides is 1. The number of amides is 2. The van der Waals surface area contributed by atoms with Gasteiger partial charge in [-0.15, -0.1) is 11.6 Å². The van der Waals surface area contributed by atoms with Gasteiger partial charge < -0.3 is 48.4 Å². The number of nitrogens with zero attached hydrogens (tertiary/aromatic N) is 3. The minimum atomic E-state index is -0.521.